The predicted molar refractivity (Wildman–Crippen MR) is 78.0 cm³/mol. The zero-order valence-electron chi connectivity index (χ0n) is 11.5. The summed E-state index contributed by atoms with van der Waals surface area (Å²) in [6, 6.07) is 13.0. The molecule has 0 radical (unpaired) electrons. The van der Waals surface area contributed by atoms with Crippen molar-refractivity contribution in [1.29, 1.82) is 0 Å². The van der Waals surface area contributed by atoms with Crippen molar-refractivity contribution >= 4 is 11.0 Å². The Morgan fingerprint density at radius 1 is 1.10 bits per heavy atom. The summed E-state index contributed by atoms with van der Waals surface area (Å²) in [6.07, 6.45) is 0.947. The number of para-hydroxylation sites is 1. The Balaban J connectivity index is 1.59. The Morgan fingerprint density at radius 3 is 2.95 bits per heavy atom. The fourth-order valence-corrected chi connectivity index (χ4v) is 2.92. The molecule has 0 N–H and O–H groups in total. The van der Waals surface area contributed by atoms with Crippen molar-refractivity contribution in [3.63, 3.8) is 0 Å². The molecular weight excluding hydrogens is 267 g/mol. The van der Waals surface area contributed by atoms with Crippen LogP contribution in [0, 0.1) is 5.82 Å². The monoisotopic (exact) mass is 282 g/mol. The molecule has 0 bridgehead atoms. The summed E-state index contributed by atoms with van der Waals surface area (Å²) in [5.74, 6) is -0.165. The molecule has 1 aliphatic rings. The smallest absolute Gasteiger partial charge is 0.123 e. The summed E-state index contributed by atoms with van der Waals surface area (Å²) in [5.41, 5.74) is 4.25. The molecule has 3 aromatic rings. The number of fused-ring (bicyclic) bond motifs is 2. The van der Waals surface area contributed by atoms with E-state index in [4.69, 9.17) is 0 Å². The van der Waals surface area contributed by atoms with Gasteiger partial charge in [-0.3, -0.25) is 4.90 Å². The zero-order chi connectivity index (χ0) is 14.2. The molecule has 0 unspecified atom stereocenters. The second-order valence-corrected chi connectivity index (χ2v) is 5.43. The molecular formula is C16H15FN4. The van der Waals surface area contributed by atoms with E-state index in [-0.39, 0.29) is 5.82 Å². The van der Waals surface area contributed by atoms with Crippen LogP contribution >= 0.6 is 0 Å². The fourth-order valence-electron chi connectivity index (χ4n) is 2.92. The summed E-state index contributed by atoms with van der Waals surface area (Å²) < 4.78 is 15.3. The molecule has 2 heterocycles. The molecule has 0 saturated carbocycles. The lowest BCUT2D eigenvalue weighted by Gasteiger charge is -2.28. The largest absolute Gasteiger partial charge is 0.280 e. The number of benzene rings is 2. The van der Waals surface area contributed by atoms with Crippen LogP contribution in [0.2, 0.25) is 0 Å². The first kappa shape index (κ1) is 12.5. The van der Waals surface area contributed by atoms with Crippen molar-refractivity contribution in [3.8, 4) is 0 Å². The minimum absolute atomic E-state index is 0.165. The summed E-state index contributed by atoms with van der Waals surface area (Å²) in [7, 11) is 0. The van der Waals surface area contributed by atoms with Crippen LogP contribution in [0.1, 0.15) is 11.1 Å². The Hall–Kier alpha value is -2.27. The van der Waals surface area contributed by atoms with Gasteiger partial charge in [0.2, 0.25) is 0 Å². The van der Waals surface area contributed by atoms with Gasteiger partial charge in [0.15, 0.2) is 0 Å². The minimum Gasteiger partial charge on any atom is -0.280 e. The van der Waals surface area contributed by atoms with Crippen molar-refractivity contribution in [2.75, 3.05) is 6.54 Å². The first-order valence-electron chi connectivity index (χ1n) is 7.07. The highest BCUT2D eigenvalue weighted by molar-refractivity contribution is 5.73. The number of halogens is 1. The van der Waals surface area contributed by atoms with E-state index in [0.717, 1.165) is 36.1 Å². The van der Waals surface area contributed by atoms with E-state index < -0.39 is 0 Å². The van der Waals surface area contributed by atoms with E-state index in [1.165, 1.54) is 5.56 Å². The molecule has 0 aliphatic carbocycles. The minimum atomic E-state index is -0.165. The topological polar surface area (TPSA) is 34.0 Å². The van der Waals surface area contributed by atoms with Gasteiger partial charge in [0.05, 0.1) is 12.2 Å². The average molecular weight is 282 g/mol. The summed E-state index contributed by atoms with van der Waals surface area (Å²) in [4.78, 5) is 2.27. The van der Waals surface area contributed by atoms with Crippen molar-refractivity contribution in [2.24, 2.45) is 0 Å². The van der Waals surface area contributed by atoms with Crippen molar-refractivity contribution in [2.45, 2.75) is 19.6 Å². The maximum Gasteiger partial charge on any atom is 0.123 e. The van der Waals surface area contributed by atoms with Crippen LogP contribution in [0.5, 0.6) is 0 Å². The average Bonchev–Trinajstić information content (AvgIpc) is 2.90. The molecule has 0 saturated heterocycles. The summed E-state index contributed by atoms with van der Waals surface area (Å²) in [5, 5.41) is 8.38. The Labute approximate surface area is 121 Å². The van der Waals surface area contributed by atoms with Gasteiger partial charge in [-0.15, -0.1) is 5.10 Å². The van der Waals surface area contributed by atoms with Crippen LogP contribution in [0.3, 0.4) is 0 Å². The first-order chi connectivity index (χ1) is 10.3. The molecule has 1 aliphatic heterocycles. The van der Waals surface area contributed by atoms with Crippen molar-refractivity contribution in [1.82, 2.24) is 19.9 Å². The van der Waals surface area contributed by atoms with E-state index in [1.807, 2.05) is 35.0 Å². The molecule has 0 amide bonds. The first-order valence-corrected chi connectivity index (χ1v) is 7.07. The van der Waals surface area contributed by atoms with Crippen molar-refractivity contribution in [3.05, 3.63) is 59.4 Å². The van der Waals surface area contributed by atoms with Crippen LogP contribution < -0.4 is 0 Å². The molecule has 4 nitrogen and oxygen atoms in total. The Bertz CT molecular complexity index is 796. The van der Waals surface area contributed by atoms with Gasteiger partial charge in [-0.2, -0.15) is 0 Å². The van der Waals surface area contributed by atoms with E-state index in [2.05, 4.69) is 15.2 Å². The third-order valence-corrected chi connectivity index (χ3v) is 4.01. The highest BCUT2D eigenvalue weighted by Gasteiger charge is 2.18. The standard InChI is InChI=1S/C16H15FN4/c17-14-6-5-12-7-8-20(10-13(12)9-14)11-21-16-4-2-1-3-15(16)18-19-21/h1-6,9H,7-8,10-11H2. The molecule has 0 atom stereocenters. The van der Waals surface area contributed by atoms with Crippen LogP contribution in [-0.4, -0.2) is 26.4 Å². The summed E-state index contributed by atoms with van der Waals surface area (Å²) >= 11 is 0. The van der Waals surface area contributed by atoms with Gasteiger partial charge in [0.25, 0.3) is 0 Å². The predicted octanol–water partition coefficient (Wildman–Crippen LogP) is 2.59. The molecule has 21 heavy (non-hydrogen) atoms. The number of hydrogen-bond acceptors (Lipinski definition) is 3. The Morgan fingerprint density at radius 2 is 2.00 bits per heavy atom. The summed E-state index contributed by atoms with van der Waals surface area (Å²) in [6.45, 7) is 2.38. The SMILES string of the molecule is Fc1ccc2c(c1)CN(Cn1nnc3ccccc31)CC2. The van der Waals surface area contributed by atoms with E-state index in [9.17, 15) is 4.39 Å². The fraction of sp³-hybridized carbons (Fsp3) is 0.250. The third kappa shape index (κ3) is 2.29. The molecule has 0 spiro atoms. The van der Waals surface area contributed by atoms with Gasteiger partial charge in [-0.1, -0.05) is 23.4 Å². The quantitative estimate of drug-likeness (QED) is 0.724. The number of nitrogens with zero attached hydrogens (tertiary/aromatic N) is 4. The molecule has 0 fully saturated rings. The van der Waals surface area contributed by atoms with Gasteiger partial charge in [-0.25, -0.2) is 9.07 Å². The van der Waals surface area contributed by atoms with Gasteiger partial charge < -0.3 is 0 Å². The van der Waals surface area contributed by atoms with Crippen LogP contribution in [0.15, 0.2) is 42.5 Å². The lowest BCUT2D eigenvalue weighted by molar-refractivity contribution is 0.191. The zero-order valence-corrected chi connectivity index (χ0v) is 11.5. The highest BCUT2D eigenvalue weighted by Crippen LogP contribution is 2.21. The normalized spacial score (nSPS) is 15.3. The second kappa shape index (κ2) is 4.93. The van der Waals surface area contributed by atoms with Gasteiger partial charge in [0, 0.05) is 13.1 Å². The molecule has 106 valence electrons. The molecule has 4 rings (SSSR count). The second-order valence-electron chi connectivity index (χ2n) is 5.43. The molecule has 1 aromatic heterocycles. The van der Waals surface area contributed by atoms with E-state index in [0.29, 0.717) is 6.67 Å². The van der Waals surface area contributed by atoms with Crippen LogP contribution in [0.4, 0.5) is 4.39 Å². The maximum atomic E-state index is 13.4. The van der Waals surface area contributed by atoms with E-state index >= 15 is 0 Å². The van der Waals surface area contributed by atoms with Gasteiger partial charge in [0.1, 0.15) is 11.3 Å². The molecule has 2 aromatic carbocycles. The number of rotatable bonds is 2. The van der Waals surface area contributed by atoms with Gasteiger partial charge in [-0.05, 0) is 41.8 Å². The lowest BCUT2D eigenvalue weighted by Crippen LogP contribution is -2.32. The lowest BCUT2D eigenvalue weighted by atomic mass is 10.00. The van der Waals surface area contributed by atoms with Crippen molar-refractivity contribution < 1.29 is 4.39 Å². The maximum absolute atomic E-state index is 13.4. The highest BCUT2D eigenvalue weighted by atomic mass is 19.1. The third-order valence-electron chi connectivity index (χ3n) is 4.01. The van der Waals surface area contributed by atoms with Gasteiger partial charge >= 0.3 is 0 Å². The number of hydrogen-bond donors (Lipinski definition) is 0. The molecule has 5 heteroatoms. The number of aromatic nitrogens is 3. The van der Waals surface area contributed by atoms with Crippen LogP contribution in [0.25, 0.3) is 11.0 Å². The van der Waals surface area contributed by atoms with Crippen LogP contribution in [-0.2, 0) is 19.6 Å². The Kier molecular flexibility index (Phi) is 2.93. The van der Waals surface area contributed by atoms with E-state index in [1.54, 1.807) is 12.1 Å².